The number of para-hydroxylation sites is 1. The third-order valence-corrected chi connectivity index (χ3v) is 6.51. The molecule has 1 aliphatic heterocycles. The van der Waals surface area contributed by atoms with E-state index in [0.29, 0.717) is 11.6 Å². The number of amides is 2. The van der Waals surface area contributed by atoms with Gasteiger partial charge < -0.3 is 15.4 Å². The SMILES string of the molecule is COc1ccccc1[C@H](CNC(=O)[C@@H](NC(=O)c1ccc(Cl)cc1Cl)C(C)C)N1CCCC1. The average Bonchev–Trinajstić information content (AvgIpc) is 3.32. The van der Waals surface area contributed by atoms with E-state index in [9.17, 15) is 9.59 Å². The lowest BCUT2D eigenvalue weighted by Gasteiger charge is -2.30. The van der Waals surface area contributed by atoms with Gasteiger partial charge in [0.05, 0.1) is 23.7 Å². The van der Waals surface area contributed by atoms with Crippen LogP contribution in [0, 0.1) is 5.92 Å². The molecule has 1 aliphatic rings. The van der Waals surface area contributed by atoms with Gasteiger partial charge in [-0.1, -0.05) is 55.2 Å². The van der Waals surface area contributed by atoms with Crippen molar-refractivity contribution in [3.8, 4) is 5.75 Å². The maximum Gasteiger partial charge on any atom is 0.253 e. The van der Waals surface area contributed by atoms with Crippen molar-refractivity contribution in [2.24, 2.45) is 5.92 Å². The van der Waals surface area contributed by atoms with Crippen molar-refractivity contribution in [3.63, 3.8) is 0 Å². The third kappa shape index (κ3) is 6.40. The predicted molar refractivity (Wildman–Crippen MR) is 132 cm³/mol. The molecule has 1 fully saturated rings. The van der Waals surface area contributed by atoms with Gasteiger partial charge in [0.15, 0.2) is 0 Å². The molecule has 0 aromatic heterocycles. The highest BCUT2D eigenvalue weighted by atomic mass is 35.5. The van der Waals surface area contributed by atoms with Crippen molar-refractivity contribution in [1.82, 2.24) is 15.5 Å². The number of nitrogens with one attached hydrogen (secondary N) is 2. The zero-order valence-electron chi connectivity index (χ0n) is 19.2. The van der Waals surface area contributed by atoms with Gasteiger partial charge in [-0.15, -0.1) is 0 Å². The average molecular weight is 492 g/mol. The van der Waals surface area contributed by atoms with E-state index in [1.807, 2.05) is 38.1 Å². The number of ether oxygens (including phenoxy) is 1. The van der Waals surface area contributed by atoms with Gasteiger partial charge in [0.2, 0.25) is 5.91 Å². The Bertz CT molecular complexity index is 977. The van der Waals surface area contributed by atoms with E-state index in [0.717, 1.165) is 37.2 Å². The number of hydrogen-bond acceptors (Lipinski definition) is 4. The van der Waals surface area contributed by atoms with Crippen LogP contribution in [0.15, 0.2) is 42.5 Å². The summed E-state index contributed by atoms with van der Waals surface area (Å²) in [6, 6.07) is 11.8. The number of carbonyl (C=O) groups is 2. The molecule has 0 aliphatic carbocycles. The summed E-state index contributed by atoms with van der Waals surface area (Å²) in [6.07, 6.45) is 2.26. The first-order valence-electron chi connectivity index (χ1n) is 11.2. The Kier molecular flexibility index (Phi) is 9.01. The number of rotatable bonds is 9. The van der Waals surface area contributed by atoms with E-state index in [-0.39, 0.29) is 28.5 Å². The summed E-state index contributed by atoms with van der Waals surface area (Å²) < 4.78 is 5.58. The summed E-state index contributed by atoms with van der Waals surface area (Å²) in [7, 11) is 1.66. The molecule has 33 heavy (non-hydrogen) atoms. The first-order valence-corrected chi connectivity index (χ1v) is 12.0. The summed E-state index contributed by atoms with van der Waals surface area (Å²) in [4.78, 5) is 28.3. The molecule has 1 heterocycles. The molecule has 3 rings (SSSR count). The molecule has 0 saturated carbocycles. The Morgan fingerprint density at radius 1 is 1.09 bits per heavy atom. The first-order chi connectivity index (χ1) is 15.8. The minimum atomic E-state index is -0.707. The second-order valence-corrected chi connectivity index (χ2v) is 9.41. The van der Waals surface area contributed by atoms with Crippen LogP contribution in [-0.4, -0.2) is 49.5 Å². The van der Waals surface area contributed by atoms with Gasteiger partial charge in [-0.25, -0.2) is 0 Å². The lowest BCUT2D eigenvalue weighted by Crippen LogP contribution is -2.51. The zero-order valence-corrected chi connectivity index (χ0v) is 20.7. The largest absolute Gasteiger partial charge is 0.496 e. The van der Waals surface area contributed by atoms with E-state index < -0.39 is 11.9 Å². The minimum Gasteiger partial charge on any atom is -0.496 e. The van der Waals surface area contributed by atoms with E-state index >= 15 is 0 Å². The molecule has 178 valence electrons. The van der Waals surface area contributed by atoms with Gasteiger partial charge in [0, 0.05) is 17.1 Å². The molecule has 0 radical (unpaired) electrons. The molecule has 2 amide bonds. The maximum atomic E-state index is 13.2. The van der Waals surface area contributed by atoms with Crippen molar-refractivity contribution in [2.45, 2.75) is 38.8 Å². The molecule has 2 aromatic carbocycles. The highest BCUT2D eigenvalue weighted by molar-refractivity contribution is 6.36. The standard InChI is InChI=1S/C25H31Cl2N3O3/c1-16(2)23(29-24(31)18-11-10-17(26)14-20(18)27)25(32)28-15-21(30-12-6-7-13-30)19-8-4-5-9-22(19)33-3/h4-5,8-11,14,16,21,23H,6-7,12-13,15H2,1-3H3,(H,28,32)(H,29,31)/t21-,23-/m0/s1. The van der Waals surface area contributed by atoms with Gasteiger partial charge in [-0.3, -0.25) is 14.5 Å². The molecule has 1 saturated heterocycles. The third-order valence-electron chi connectivity index (χ3n) is 5.96. The number of halogens is 2. The molecule has 2 N–H and O–H groups in total. The molecular weight excluding hydrogens is 461 g/mol. The number of hydrogen-bond donors (Lipinski definition) is 2. The van der Waals surface area contributed by atoms with Gasteiger partial charge >= 0.3 is 0 Å². The van der Waals surface area contributed by atoms with Crippen molar-refractivity contribution >= 4 is 35.0 Å². The van der Waals surface area contributed by atoms with E-state index in [4.69, 9.17) is 27.9 Å². The monoisotopic (exact) mass is 491 g/mol. The summed E-state index contributed by atoms with van der Waals surface area (Å²) in [5, 5.41) is 6.59. The highest BCUT2D eigenvalue weighted by Gasteiger charge is 2.29. The topological polar surface area (TPSA) is 70.7 Å². The Labute approximate surface area is 205 Å². The minimum absolute atomic E-state index is 0.0122. The molecule has 0 unspecified atom stereocenters. The van der Waals surface area contributed by atoms with Crippen LogP contribution in [0.1, 0.15) is 48.7 Å². The number of nitrogens with zero attached hydrogens (tertiary/aromatic N) is 1. The van der Waals surface area contributed by atoms with Crippen LogP contribution in [0.2, 0.25) is 10.0 Å². The summed E-state index contributed by atoms with van der Waals surface area (Å²) in [6.45, 7) is 6.15. The van der Waals surface area contributed by atoms with Crippen LogP contribution in [0.3, 0.4) is 0 Å². The van der Waals surface area contributed by atoms with Crippen molar-refractivity contribution in [1.29, 1.82) is 0 Å². The van der Waals surface area contributed by atoms with E-state index in [1.165, 1.54) is 6.07 Å². The molecule has 6 nitrogen and oxygen atoms in total. The van der Waals surface area contributed by atoms with Crippen molar-refractivity contribution in [2.75, 3.05) is 26.7 Å². The van der Waals surface area contributed by atoms with Crippen LogP contribution >= 0.6 is 23.2 Å². The van der Waals surface area contributed by atoms with Crippen molar-refractivity contribution in [3.05, 3.63) is 63.6 Å². The Morgan fingerprint density at radius 2 is 1.79 bits per heavy atom. The second-order valence-electron chi connectivity index (χ2n) is 8.57. The molecule has 2 atom stereocenters. The Morgan fingerprint density at radius 3 is 2.42 bits per heavy atom. The first kappa shape index (κ1) is 25.3. The van der Waals surface area contributed by atoms with Gasteiger partial charge in [-0.05, 0) is 56.1 Å². The molecule has 0 spiro atoms. The Balaban J connectivity index is 1.73. The van der Waals surface area contributed by atoms with Gasteiger partial charge in [0.25, 0.3) is 5.91 Å². The summed E-state index contributed by atoms with van der Waals surface area (Å²) in [5.41, 5.74) is 1.32. The fourth-order valence-electron chi connectivity index (χ4n) is 4.17. The van der Waals surface area contributed by atoms with Crippen LogP contribution < -0.4 is 15.4 Å². The van der Waals surface area contributed by atoms with Gasteiger partial charge in [-0.2, -0.15) is 0 Å². The van der Waals surface area contributed by atoms with Gasteiger partial charge in [0.1, 0.15) is 11.8 Å². The highest BCUT2D eigenvalue weighted by Crippen LogP contribution is 2.31. The smallest absolute Gasteiger partial charge is 0.253 e. The fourth-order valence-corrected chi connectivity index (χ4v) is 4.66. The van der Waals surface area contributed by atoms with Crippen LogP contribution in [0.5, 0.6) is 5.75 Å². The second kappa shape index (κ2) is 11.7. The van der Waals surface area contributed by atoms with E-state index in [1.54, 1.807) is 19.2 Å². The lowest BCUT2D eigenvalue weighted by molar-refractivity contribution is -0.124. The summed E-state index contributed by atoms with van der Waals surface area (Å²) >= 11 is 12.1. The predicted octanol–water partition coefficient (Wildman–Crippen LogP) is 4.71. The Hall–Kier alpha value is -2.28. The van der Waals surface area contributed by atoms with Crippen LogP contribution in [0.25, 0.3) is 0 Å². The van der Waals surface area contributed by atoms with Crippen molar-refractivity contribution < 1.29 is 14.3 Å². The normalized spacial score (nSPS) is 15.8. The zero-order chi connectivity index (χ0) is 24.0. The quantitative estimate of drug-likeness (QED) is 0.532. The maximum absolute atomic E-state index is 13.2. The molecular formula is C25H31Cl2N3O3. The fraction of sp³-hybridized carbons (Fsp3) is 0.440. The summed E-state index contributed by atoms with van der Waals surface area (Å²) in [5.74, 6) is 0.0418. The molecule has 0 bridgehead atoms. The lowest BCUT2D eigenvalue weighted by atomic mass is 10.0. The molecule has 8 heteroatoms. The number of methoxy groups -OCH3 is 1. The number of benzene rings is 2. The number of likely N-dealkylation sites (tertiary alicyclic amines) is 1. The number of carbonyl (C=O) groups excluding carboxylic acids is 2. The van der Waals surface area contributed by atoms with Crippen LogP contribution in [0.4, 0.5) is 0 Å². The van der Waals surface area contributed by atoms with E-state index in [2.05, 4.69) is 15.5 Å². The van der Waals surface area contributed by atoms with Crippen LogP contribution in [-0.2, 0) is 4.79 Å². The molecule has 2 aromatic rings.